The largest absolute Gasteiger partial charge is 0.332 e. The quantitative estimate of drug-likeness (QED) is 0.273. The third kappa shape index (κ3) is 4.77. The van der Waals surface area contributed by atoms with Crippen molar-refractivity contribution in [1.82, 2.24) is 19.9 Å². The number of nitrogens with zero attached hydrogens (tertiary/aromatic N) is 4. The van der Waals surface area contributed by atoms with Gasteiger partial charge in [-0.15, -0.1) is 0 Å². The van der Waals surface area contributed by atoms with E-state index in [0.717, 1.165) is 17.4 Å². The maximum atomic E-state index is 14.3. The van der Waals surface area contributed by atoms with Gasteiger partial charge in [0.15, 0.2) is 5.69 Å². The fourth-order valence-electron chi connectivity index (χ4n) is 3.37. The van der Waals surface area contributed by atoms with E-state index in [-0.39, 0.29) is 17.6 Å². The van der Waals surface area contributed by atoms with Crippen molar-refractivity contribution in [1.29, 1.82) is 0 Å². The average molecular weight is 420 g/mol. The molecule has 0 aliphatic carbocycles. The minimum Gasteiger partial charge on any atom is -0.332 e. The molecule has 1 aromatic carbocycles. The molecule has 2 aromatic heterocycles. The first kappa shape index (κ1) is 22.1. The predicted molar refractivity (Wildman–Crippen MR) is 118 cm³/mol. The molecule has 2 heterocycles. The molecule has 7 heteroatoms. The number of aldehydes is 1. The number of benzene rings is 1. The highest BCUT2D eigenvalue weighted by Crippen LogP contribution is 2.28. The van der Waals surface area contributed by atoms with Gasteiger partial charge in [-0.05, 0) is 61.3 Å². The Balaban J connectivity index is 1.92. The van der Waals surface area contributed by atoms with Crippen LogP contribution < -0.4 is 0 Å². The van der Waals surface area contributed by atoms with Crippen LogP contribution in [0.2, 0.25) is 0 Å². The summed E-state index contributed by atoms with van der Waals surface area (Å²) in [7, 11) is 0. The van der Waals surface area contributed by atoms with Gasteiger partial charge in [-0.3, -0.25) is 9.48 Å². The van der Waals surface area contributed by atoms with Crippen molar-refractivity contribution in [3.8, 4) is 22.8 Å². The third-order valence-corrected chi connectivity index (χ3v) is 4.88. The second-order valence-electron chi connectivity index (χ2n) is 7.40. The van der Waals surface area contributed by atoms with E-state index in [1.165, 1.54) is 6.07 Å². The van der Waals surface area contributed by atoms with Gasteiger partial charge < -0.3 is 4.52 Å². The van der Waals surface area contributed by atoms with Crippen LogP contribution in [0.3, 0.4) is 0 Å². The summed E-state index contributed by atoms with van der Waals surface area (Å²) in [4.78, 5) is 15.3. The van der Waals surface area contributed by atoms with Gasteiger partial charge in [0.2, 0.25) is 5.82 Å². The first-order valence-corrected chi connectivity index (χ1v) is 10.1. The second-order valence-corrected chi connectivity index (χ2v) is 7.40. The van der Waals surface area contributed by atoms with Crippen LogP contribution in [0, 0.1) is 11.7 Å². The highest BCUT2D eigenvalue weighted by Gasteiger charge is 2.18. The molecule has 0 atom stereocenters. The minimum atomic E-state index is -0.326. The van der Waals surface area contributed by atoms with Crippen LogP contribution in [0.5, 0.6) is 0 Å². The first-order chi connectivity index (χ1) is 14.8. The molecule has 0 N–H and O–H groups in total. The molecule has 6 nitrogen and oxygen atoms in total. The van der Waals surface area contributed by atoms with Gasteiger partial charge in [-0.1, -0.05) is 37.7 Å². The van der Waals surface area contributed by atoms with Crippen molar-refractivity contribution in [2.45, 2.75) is 34.2 Å². The van der Waals surface area contributed by atoms with Crippen LogP contribution in [0.25, 0.3) is 28.4 Å². The van der Waals surface area contributed by atoms with Crippen molar-refractivity contribution < 1.29 is 13.7 Å². The number of rotatable bonds is 8. The summed E-state index contributed by atoms with van der Waals surface area (Å²) in [6, 6.07) is 8.27. The topological polar surface area (TPSA) is 73.8 Å². The van der Waals surface area contributed by atoms with Crippen LogP contribution >= 0.6 is 0 Å². The van der Waals surface area contributed by atoms with Gasteiger partial charge in [-0.2, -0.15) is 10.1 Å². The van der Waals surface area contributed by atoms with Gasteiger partial charge in [0.05, 0.1) is 5.69 Å². The third-order valence-electron chi connectivity index (χ3n) is 4.88. The minimum absolute atomic E-state index is 0.185. The van der Waals surface area contributed by atoms with E-state index in [0.29, 0.717) is 34.9 Å². The lowest BCUT2D eigenvalue weighted by Crippen LogP contribution is -2.00. The molecule has 0 bridgehead atoms. The van der Waals surface area contributed by atoms with Crippen molar-refractivity contribution in [2.24, 2.45) is 5.92 Å². The van der Waals surface area contributed by atoms with E-state index in [1.807, 2.05) is 33.8 Å². The Kier molecular flexibility index (Phi) is 6.74. The summed E-state index contributed by atoms with van der Waals surface area (Å²) in [5.74, 6) is 0.402. The zero-order valence-electron chi connectivity index (χ0n) is 18.1. The smallest absolute Gasteiger partial charge is 0.278 e. The lowest BCUT2D eigenvalue weighted by Gasteiger charge is -2.11. The van der Waals surface area contributed by atoms with Gasteiger partial charge in [0, 0.05) is 17.7 Å². The molecule has 3 aromatic rings. The van der Waals surface area contributed by atoms with E-state index in [1.54, 1.807) is 35.0 Å². The van der Waals surface area contributed by atoms with E-state index in [9.17, 15) is 9.18 Å². The van der Waals surface area contributed by atoms with Gasteiger partial charge in [0.25, 0.3) is 5.89 Å². The molecular formula is C24H25FN4O2. The van der Waals surface area contributed by atoms with Gasteiger partial charge >= 0.3 is 0 Å². The summed E-state index contributed by atoms with van der Waals surface area (Å²) < 4.78 is 21.4. The number of aryl methyl sites for hydroxylation is 1. The SMILES string of the molecule is C=C(/C=C(C)\C(=C\C=O)C(C)C)c1noc(-c2cc(-c3ccccc3F)n(CC)n2)n1. The van der Waals surface area contributed by atoms with E-state index in [4.69, 9.17) is 4.52 Å². The monoisotopic (exact) mass is 420 g/mol. The molecule has 0 aliphatic rings. The fraction of sp³-hybridized carbons (Fsp3) is 0.250. The molecule has 0 radical (unpaired) electrons. The maximum Gasteiger partial charge on any atom is 0.278 e. The number of carbonyl (C=O) groups is 1. The Bertz CT molecular complexity index is 1170. The molecule has 3 rings (SSSR count). The molecule has 31 heavy (non-hydrogen) atoms. The Labute approximate surface area is 180 Å². The van der Waals surface area contributed by atoms with Crippen LogP contribution in [0.15, 0.2) is 64.7 Å². The molecular weight excluding hydrogens is 395 g/mol. The van der Waals surface area contributed by atoms with Crippen molar-refractivity contribution in [3.63, 3.8) is 0 Å². The van der Waals surface area contributed by atoms with E-state index in [2.05, 4.69) is 21.8 Å². The number of halogens is 1. The van der Waals surface area contributed by atoms with Crippen LogP contribution in [-0.2, 0) is 11.3 Å². The number of allylic oxidation sites excluding steroid dienone is 5. The molecule has 0 fully saturated rings. The zero-order valence-corrected chi connectivity index (χ0v) is 18.1. The standard InChI is InChI=1S/C24H25FN4O2/c1-6-29-22(19-9-7-8-10-20(19)25)14-21(27-29)24-26-23(28-31-24)17(5)13-16(4)18(11-12-30)15(2)3/h7-15H,5-6H2,1-4H3/b16-13-,18-11+. The number of carbonyl (C=O) groups excluding carboxylic acids is 1. The summed E-state index contributed by atoms with van der Waals surface area (Å²) in [5.41, 5.74) is 3.90. The molecule has 0 amide bonds. The average Bonchev–Trinajstić information content (AvgIpc) is 3.39. The van der Waals surface area contributed by atoms with Gasteiger partial charge in [0.1, 0.15) is 12.1 Å². The molecule has 0 unspecified atom stereocenters. The number of aromatic nitrogens is 4. The summed E-state index contributed by atoms with van der Waals surface area (Å²) in [6.45, 7) is 12.4. The zero-order chi connectivity index (χ0) is 22.5. The van der Waals surface area contributed by atoms with Crippen molar-refractivity contribution in [2.75, 3.05) is 0 Å². The Morgan fingerprint density at radius 2 is 2.06 bits per heavy atom. The molecule has 0 aliphatic heterocycles. The molecule has 0 spiro atoms. The molecule has 0 saturated carbocycles. The van der Waals surface area contributed by atoms with E-state index >= 15 is 0 Å². The highest BCUT2D eigenvalue weighted by molar-refractivity contribution is 5.73. The lowest BCUT2D eigenvalue weighted by molar-refractivity contribution is -0.104. The second kappa shape index (κ2) is 9.47. The van der Waals surface area contributed by atoms with Crippen LogP contribution in [0.1, 0.15) is 33.5 Å². The van der Waals surface area contributed by atoms with Crippen LogP contribution in [0.4, 0.5) is 4.39 Å². The van der Waals surface area contributed by atoms with Crippen molar-refractivity contribution in [3.05, 3.63) is 71.9 Å². The summed E-state index contributed by atoms with van der Waals surface area (Å²) in [6.07, 6.45) is 4.14. The van der Waals surface area contributed by atoms with E-state index < -0.39 is 0 Å². The Hall–Kier alpha value is -3.61. The lowest BCUT2D eigenvalue weighted by atomic mass is 9.94. The Morgan fingerprint density at radius 3 is 2.71 bits per heavy atom. The number of hydrogen-bond donors (Lipinski definition) is 0. The maximum absolute atomic E-state index is 14.3. The predicted octanol–water partition coefficient (Wildman–Crippen LogP) is 5.50. The van der Waals surface area contributed by atoms with Crippen LogP contribution in [-0.4, -0.2) is 26.2 Å². The van der Waals surface area contributed by atoms with Crippen molar-refractivity contribution >= 4 is 11.9 Å². The Morgan fingerprint density at radius 1 is 1.32 bits per heavy atom. The normalized spacial score (nSPS) is 12.5. The molecule has 0 saturated heterocycles. The first-order valence-electron chi connectivity index (χ1n) is 10.1. The number of hydrogen-bond acceptors (Lipinski definition) is 5. The summed E-state index contributed by atoms with van der Waals surface area (Å²) in [5, 5.41) is 8.49. The fourth-order valence-corrected chi connectivity index (χ4v) is 3.37. The molecule has 160 valence electrons. The van der Waals surface area contributed by atoms with Gasteiger partial charge in [-0.25, -0.2) is 4.39 Å². The summed E-state index contributed by atoms with van der Waals surface area (Å²) >= 11 is 0. The highest BCUT2D eigenvalue weighted by atomic mass is 19.1.